The number of hydrogen-bond acceptors (Lipinski definition) is 3. The van der Waals surface area contributed by atoms with Gasteiger partial charge in [0.1, 0.15) is 11.2 Å². The highest BCUT2D eigenvalue weighted by atomic mass is 32.1. The van der Waals surface area contributed by atoms with E-state index in [1.54, 1.807) is 0 Å². The van der Waals surface area contributed by atoms with E-state index in [-0.39, 0.29) is 0 Å². The van der Waals surface area contributed by atoms with Crippen molar-refractivity contribution in [2.45, 2.75) is 0 Å². The minimum Gasteiger partial charge on any atom is -0.456 e. The lowest BCUT2D eigenvalue weighted by atomic mass is 10.0. The molecule has 0 saturated carbocycles. The van der Waals surface area contributed by atoms with Crippen molar-refractivity contribution in [3.8, 4) is 5.69 Å². The minimum absolute atomic E-state index is 0.881. The molecule has 11 rings (SSSR count). The fourth-order valence-corrected chi connectivity index (χ4v) is 9.08. The molecule has 0 N–H and O–H groups in total. The number of nitrogens with zero attached hydrogens (tertiary/aromatic N) is 2. The zero-order valence-electron chi connectivity index (χ0n) is 26.9. The SMILES string of the molecule is c1ccc(-n2c3ccccc3c3ccc(N(c4ccc5sc6ccccc6c5c4)c4cc5oc6ccccc6c5c5ccccc45)cc32)cc1. The zero-order valence-corrected chi connectivity index (χ0v) is 27.7. The Balaban J connectivity index is 1.25. The van der Waals surface area contributed by atoms with Gasteiger partial charge in [-0.1, -0.05) is 103 Å². The van der Waals surface area contributed by atoms with E-state index in [1.165, 1.54) is 47.2 Å². The van der Waals surface area contributed by atoms with Gasteiger partial charge in [-0.15, -0.1) is 11.3 Å². The van der Waals surface area contributed by atoms with E-state index in [0.29, 0.717) is 0 Å². The van der Waals surface area contributed by atoms with Crippen LogP contribution in [-0.2, 0) is 0 Å². The first-order valence-electron chi connectivity index (χ1n) is 16.9. The third-order valence-corrected chi connectivity index (χ3v) is 11.3. The fraction of sp³-hybridized carbons (Fsp3) is 0. The Kier molecular flexibility index (Phi) is 5.83. The number of para-hydroxylation sites is 3. The number of aromatic nitrogens is 1. The summed E-state index contributed by atoms with van der Waals surface area (Å²) < 4.78 is 11.6. The molecule has 0 atom stereocenters. The van der Waals surface area contributed by atoms with Crippen molar-refractivity contribution in [3.63, 3.8) is 0 Å². The zero-order chi connectivity index (χ0) is 32.8. The Morgan fingerprint density at radius 1 is 0.420 bits per heavy atom. The predicted molar refractivity (Wildman–Crippen MR) is 213 cm³/mol. The summed E-state index contributed by atoms with van der Waals surface area (Å²) in [5.74, 6) is 0. The molecule has 234 valence electrons. The maximum Gasteiger partial charge on any atom is 0.138 e. The van der Waals surface area contributed by atoms with Gasteiger partial charge in [0.25, 0.3) is 0 Å². The van der Waals surface area contributed by atoms with Crippen LogP contribution >= 0.6 is 11.3 Å². The molecule has 0 unspecified atom stereocenters. The van der Waals surface area contributed by atoms with Gasteiger partial charge >= 0.3 is 0 Å². The highest BCUT2D eigenvalue weighted by Gasteiger charge is 2.22. The van der Waals surface area contributed by atoms with E-state index in [1.807, 2.05) is 17.4 Å². The summed E-state index contributed by atoms with van der Waals surface area (Å²) in [4.78, 5) is 2.42. The number of benzene rings is 8. The number of anilines is 3. The van der Waals surface area contributed by atoms with Crippen LogP contribution in [0.3, 0.4) is 0 Å². The molecular formula is C46H28N2OS. The number of hydrogen-bond donors (Lipinski definition) is 0. The molecule has 0 aliphatic rings. The molecule has 3 nitrogen and oxygen atoms in total. The number of fused-ring (bicyclic) bond motifs is 11. The summed E-state index contributed by atoms with van der Waals surface area (Å²) in [7, 11) is 0. The summed E-state index contributed by atoms with van der Waals surface area (Å²) in [6, 6.07) is 61.3. The molecule has 50 heavy (non-hydrogen) atoms. The molecule has 4 heteroatoms. The largest absolute Gasteiger partial charge is 0.456 e. The average molecular weight is 657 g/mol. The van der Waals surface area contributed by atoms with Gasteiger partial charge in [-0.25, -0.2) is 0 Å². The Morgan fingerprint density at radius 3 is 1.94 bits per heavy atom. The van der Waals surface area contributed by atoms with Crippen LogP contribution in [0.1, 0.15) is 0 Å². The van der Waals surface area contributed by atoms with Crippen molar-refractivity contribution in [1.82, 2.24) is 4.57 Å². The second-order valence-corrected chi connectivity index (χ2v) is 14.0. The smallest absolute Gasteiger partial charge is 0.138 e. The molecule has 0 amide bonds. The van der Waals surface area contributed by atoms with Crippen molar-refractivity contribution in [3.05, 3.63) is 170 Å². The molecule has 0 spiro atoms. The van der Waals surface area contributed by atoms with Crippen LogP contribution < -0.4 is 4.90 Å². The van der Waals surface area contributed by atoms with Crippen LogP contribution in [0.5, 0.6) is 0 Å². The van der Waals surface area contributed by atoms with E-state index in [9.17, 15) is 0 Å². The Labute approximate surface area is 291 Å². The van der Waals surface area contributed by atoms with Crippen molar-refractivity contribution in [1.29, 1.82) is 0 Å². The highest BCUT2D eigenvalue weighted by molar-refractivity contribution is 7.25. The Bertz CT molecular complexity index is 3110. The molecule has 0 bridgehead atoms. The maximum atomic E-state index is 6.60. The van der Waals surface area contributed by atoms with Gasteiger partial charge in [0.05, 0.1) is 16.7 Å². The van der Waals surface area contributed by atoms with Gasteiger partial charge in [0.2, 0.25) is 0 Å². The Morgan fingerprint density at radius 2 is 1.06 bits per heavy atom. The third-order valence-electron chi connectivity index (χ3n) is 10.2. The molecule has 0 radical (unpaired) electrons. The second-order valence-electron chi connectivity index (χ2n) is 12.9. The van der Waals surface area contributed by atoms with Crippen LogP contribution in [0.25, 0.3) is 80.4 Å². The molecule has 0 aliphatic heterocycles. The number of furan rings is 1. The van der Waals surface area contributed by atoms with E-state index in [2.05, 4.69) is 173 Å². The van der Waals surface area contributed by atoms with Crippen LogP contribution in [0.15, 0.2) is 174 Å². The van der Waals surface area contributed by atoms with E-state index in [0.717, 1.165) is 50.2 Å². The van der Waals surface area contributed by atoms with E-state index < -0.39 is 0 Å². The van der Waals surface area contributed by atoms with Crippen molar-refractivity contribution in [2.75, 3.05) is 4.90 Å². The van der Waals surface area contributed by atoms with Crippen molar-refractivity contribution >= 4 is 103 Å². The molecule has 0 aliphatic carbocycles. The van der Waals surface area contributed by atoms with Crippen molar-refractivity contribution < 1.29 is 4.42 Å². The van der Waals surface area contributed by atoms with Crippen LogP contribution in [0, 0.1) is 0 Å². The first-order valence-corrected chi connectivity index (χ1v) is 17.7. The molecule has 3 heterocycles. The molecule has 3 aromatic heterocycles. The van der Waals surface area contributed by atoms with Crippen molar-refractivity contribution in [2.24, 2.45) is 0 Å². The molecule has 11 aromatic rings. The monoisotopic (exact) mass is 656 g/mol. The topological polar surface area (TPSA) is 21.3 Å². The van der Waals surface area contributed by atoms with Crippen LogP contribution in [0.2, 0.25) is 0 Å². The standard InChI is InChI=1S/C46H28N2OS/c1-2-12-29(13-3-1)48-39-19-9-6-14-32(39)34-24-22-31(27-40(34)48)47(30-23-25-45-38(26-30)35-16-8-11-21-44(35)50-45)41-28-43-46(36-17-5-4-15-33(36)41)37-18-7-10-20-42(37)49-43/h1-28H. The third kappa shape index (κ3) is 3.97. The number of rotatable bonds is 4. The van der Waals surface area contributed by atoms with Gasteiger partial charge in [-0.3, -0.25) is 0 Å². The summed E-state index contributed by atoms with van der Waals surface area (Å²) in [5.41, 5.74) is 8.53. The quantitative estimate of drug-likeness (QED) is 0.188. The summed E-state index contributed by atoms with van der Waals surface area (Å²) in [5, 5.41) is 9.65. The van der Waals surface area contributed by atoms with E-state index >= 15 is 0 Å². The molecule has 0 saturated heterocycles. The van der Waals surface area contributed by atoms with Gasteiger partial charge < -0.3 is 13.9 Å². The van der Waals surface area contributed by atoms with E-state index in [4.69, 9.17) is 4.42 Å². The lowest BCUT2D eigenvalue weighted by Gasteiger charge is -2.27. The lowest BCUT2D eigenvalue weighted by molar-refractivity contribution is 0.669. The molecule has 8 aromatic carbocycles. The summed E-state index contributed by atoms with van der Waals surface area (Å²) >= 11 is 1.85. The average Bonchev–Trinajstić information content (AvgIpc) is 3.84. The first kappa shape index (κ1) is 27.6. The highest BCUT2D eigenvalue weighted by Crippen LogP contribution is 2.47. The maximum absolute atomic E-state index is 6.60. The molecular weight excluding hydrogens is 629 g/mol. The minimum atomic E-state index is 0.881. The number of thiophene rings is 1. The van der Waals surface area contributed by atoms with Gasteiger partial charge in [-0.05, 0) is 66.0 Å². The predicted octanol–water partition coefficient (Wildman–Crippen LogP) is 13.7. The molecule has 0 fully saturated rings. The second kappa shape index (κ2) is 10.6. The van der Waals surface area contributed by atoms with Crippen LogP contribution in [-0.4, -0.2) is 4.57 Å². The van der Waals surface area contributed by atoms with Gasteiger partial charge in [-0.2, -0.15) is 0 Å². The van der Waals surface area contributed by atoms with Gasteiger partial charge in [0.15, 0.2) is 0 Å². The first-order chi connectivity index (χ1) is 24.8. The summed E-state index contributed by atoms with van der Waals surface area (Å²) in [6.45, 7) is 0. The Hall–Kier alpha value is -6.36. The normalized spacial score (nSPS) is 12.0. The van der Waals surface area contributed by atoms with Gasteiger partial charge in [0, 0.05) is 70.2 Å². The summed E-state index contributed by atoms with van der Waals surface area (Å²) in [6.07, 6.45) is 0. The fourth-order valence-electron chi connectivity index (χ4n) is 7.99. The lowest BCUT2D eigenvalue weighted by Crippen LogP contribution is -2.10. The van der Waals surface area contributed by atoms with Crippen LogP contribution in [0.4, 0.5) is 17.1 Å².